The average Bonchev–Trinajstić information content (AvgIpc) is 3.14. The van der Waals surface area contributed by atoms with Crippen LogP contribution in [0, 0.1) is 0 Å². The van der Waals surface area contributed by atoms with Crippen molar-refractivity contribution in [3.05, 3.63) is 75.4 Å². The number of nitrogens with one attached hydrogen (secondary N) is 2. The SMILES string of the molecule is CCOc1ccc(CNC(=O)c2cc3c(=O)[nH]c4ccccc4c3s2)cc1. The number of H-pyrrole nitrogens is 1. The summed E-state index contributed by atoms with van der Waals surface area (Å²) >= 11 is 1.34. The summed E-state index contributed by atoms with van der Waals surface area (Å²) in [7, 11) is 0. The van der Waals surface area contributed by atoms with E-state index >= 15 is 0 Å². The van der Waals surface area contributed by atoms with Gasteiger partial charge < -0.3 is 15.0 Å². The van der Waals surface area contributed by atoms with Gasteiger partial charge in [-0.2, -0.15) is 0 Å². The number of carbonyl (C=O) groups is 1. The maximum absolute atomic E-state index is 12.6. The zero-order valence-corrected chi connectivity index (χ0v) is 15.6. The summed E-state index contributed by atoms with van der Waals surface area (Å²) in [6.07, 6.45) is 0. The van der Waals surface area contributed by atoms with Crippen LogP contribution in [-0.2, 0) is 6.54 Å². The van der Waals surface area contributed by atoms with Gasteiger partial charge in [-0.1, -0.05) is 30.3 Å². The first kappa shape index (κ1) is 17.3. The Labute approximate surface area is 159 Å². The van der Waals surface area contributed by atoms with Gasteiger partial charge in [-0.05, 0) is 36.8 Å². The summed E-state index contributed by atoms with van der Waals surface area (Å²) in [6, 6.07) is 16.9. The van der Waals surface area contributed by atoms with Crippen LogP contribution in [0.2, 0.25) is 0 Å². The van der Waals surface area contributed by atoms with E-state index in [9.17, 15) is 9.59 Å². The molecule has 2 aromatic carbocycles. The van der Waals surface area contributed by atoms with Crippen LogP contribution in [0.3, 0.4) is 0 Å². The fourth-order valence-electron chi connectivity index (χ4n) is 2.99. The molecular weight excluding hydrogens is 360 g/mol. The Morgan fingerprint density at radius 3 is 2.67 bits per heavy atom. The molecule has 4 aromatic rings. The van der Waals surface area contributed by atoms with Crippen molar-refractivity contribution in [2.45, 2.75) is 13.5 Å². The third-order valence-corrected chi connectivity index (χ3v) is 5.47. The molecule has 0 radical (unpaired) electrons. The third kappa shape index (κ3) is 3.44. The van der Waals surface area contributed by atoms with E-state index in [4.69, 9.17) is 4.74 Å². The lowest BCUT2D eigenvalue weighted by Gasteiger charge is -2.06. The van der Waals surface area contributed by atoms with Crippen molar-refractivity contribution in [3.8, 4) is 5.75 Å². The molecule has 0 saturated heterocycles. The normalized spacial score (nSPS) is 11.0. The van der Waals surface area contributed by atoms with Crippen LogP contribution in [0.4, 0.5) is 0 Å². The maximum atomic E-state index is 12.6. The van der Waals surface area contributed by atoms with E-state index in [1.165, 1.54) is 11.3 Å². The van der Waals surface area contributed by atoms with Gasteiger partial charge in [0.2, 0.25) is 0 Å². The predicted octanol–water partition coefficient (Wildman–Crippen LogP) is 4.07. The Bertz CT molecular complexity index is 1180. The number of aromatic amines is 1. The Morgan fingerprint density at radius 1 is 1.11 bits per heavy atom. The number of rotatable bonds is 5. The highest BCUT2D eigenvalue weighted by molar-refractivity contribution is 7.21. The van der Waals surface area contributed by atoms with Gasteiger partial charge in [0.25, 0.3) is 11.5 Å². The summed E-state index contributed by atoms with van der Waals surface area (Å²) in [5, 5.41) is 4.41. The van der Waals surface area contributed by atoms with Gasteiger partial charge in [-0.25, -0.2) is 0 Å². The lowest BCUT2D eigenvalue weighted by atomic mass is 10.2. The van der Waals surface area contributed by atoms with Crippen LogP contribution >= 0.6 is 11.3 Å². The van der Waals surface area contributed by atoms with E-state index in [2.05, 4.69) is 10.3 Å². The molecule has 4 rings (SSSR count). The molecule has 0 unspecified atom stereocenters. The number of para-hydroxylation sites is 1. The fourth-order valence-corrected chi connectivity index (χ4v) is 4.10. The van der Waals surface area contributed by atoms with Crippen molar-refractivity contribution in [2.24, 2.45) is 0 Å². The summed E-state index contributed by atoms with van der Waals surface area (Å²) in [5.41, 5.74) is 1.58. The number of pyridine rings is 1. The van der Waals surface area contributed by atoms with Gasteiger partial charge in [0.05, 0.1) is 16.9 Å². The molecule has 0 aliphatic carbocycles. The van der Waals surface area contributed by atoms with Gasteiger partial charge in [-0.3, -0.25) is 9.59 Å². The van der Waals surface area contributed by atoms with Crippen LogP contribution in [0.5, 0.6) is 5.75 Å². The lowest BCUT2D eigenvalue weighted by molar-refractivity contribution is 0.0955. The van der Waals surface area contributed by atoms with E-state index < -0.39 is 0 Å². The summed E-state index contributed by atoms with van der Waals surface area (Å²) < 4.78 is 6.25. The van der Waals surface area contributed by atoms with Crippen LogP contribution in [0.1, 0.15) is 22.2 Å². The Balaban J connectivity index is 1.57. The molecule has 136 valence electrons. The lowest BCUT2D eigenvalue weighted by Crippen LogP contribution is -2.21. The van der Waals surface area contributed by atoms with Gasteiger partial charge in [-0.15, -0.1) is 11.3 Å². The topological polar surface area (TPSA) is 71.2 Å². The highest BCUT2D eigenvalue weighted by Crippen LogP contribution is 2.29. The molecule has 6 heteroatoms. The standard InChI is InChI=1S/C21H18N2O3S/c1-2-26-14-9-7-13(8-10-14)12-22-21(25)18-11-16-19(27-18)15-5-3-4-6-17(15)23-20(16)24/h3-11H,2,12H2,1H3,(H,22,25)(H,23,24). The van der Waals surface area contributed by atoms with E-state index in [0.29, 0.717) is 23.4 Å². The second-order valence-electron chi connectivity index (χ2n) is 6.11. The summed E-state index contributed by atoms with van der Waals surface area (Å²) in [6.45, 7) is 2.97. The average molecular weight is 378 g/mol. The number of hydrogen-bond acceptors (Lipinski definition) is 4. The monoisotopic (exact) mass is 378 g/mol. The van der Waals surface area contributed by atoms with E-state index in [-0.39, 0.29) is 11.5 Å². The largest absolute Gasteiger partial charge is 0.494 e. The molecule has 1 amide bonds. The molecule has 0 aliphatic rings. The van der Waals surface area contributed by atoms with Gasteiger partial charge in [0, 0.05) is 22.1 Å². The van der Waals surface area contributed by atoms with Crippen LogP contribution < -0.4 is 15.6 Å². The van der Waals surface area contributed by atoms with Crippen molar-refractivity contribution < 1.29 is 9.53 Å². The quantitative estimate of drug-likeness (QED) is 0.550. The number of thiophene rings is 1. The first-order chi connectivity index (χ1) is 13.2. The number of fused-ring (bicyclic) bond motifs is 3. The second-order valence-corrected chi connectivity index (χ2v) is 7.16. The van der Waals surface area contributed by atoms with E-state index in [0.717, 1.165) is 26.9 Å². The zero-order chi connectivity index (χ0) is 18.8. The molecule has 0 aliphatic heterocycles. The molecule has 5 nitrogen and oxygen atoms in total. The fraction of sp³-hybridized carbons (Fsp3) is 0.143. The van der Waals surface area contributed by atoms with Crippen LogP contribution in [0.15, 0.2) is 59.4 Å². The minimum absolute atomic E-state index is 0.175. The molecule has 27 heavy (non-hydrogen) atoms. The highest BCUT2D eigenvalue weighted by atomic mass is 32.1. The number of aromatic nitrogens is 1. The molecule has 0 atom stereocenters. The summed E-state index contributed by atoms with van der Waals surface area (Å²) in [5.74, 6) is 0.622. The number of benzene rings is 2. The van der Waals surface area contributed by atoms with Gasteiger partial charge >= 0.3 is 0 Å². The third-order valence-electron chi connectivity index (χ3n) is 4.31. The van der Waals surface area contributed by atoms with Crippen molar-refractivity contribution in [3.63, 3.8) is 0 Å². The van der Waals surface area contributed by atoms with Crippen LogP contribution in [-0.4, -0.2) is 17.5 Å². The number of ether oxygens (including phenoxy) is 1. The molecule has 0 bridgehead atoms. The molecule has 0 saturated carbocycles. The molecule has 2 N–H and O–H groups in total. The number of carbonyl (C=O) groups excluding carboxylic acids is 1. The molecular formula is C21H18N2O3S. The van der Waals surface area contributed by atoms with Crippen LogP contribution in [0.25, 0.3) is 21.0 Å². The van der Waals surface area contributed by atoms with Gasteiger partial charge in [0.15, 0.2) is 0 Å². The molecule has 0 spiro atoms. The van der Waals surface area contributed by atoms with Gasteiger partial charge in [0.1, 0.15) is 5.75 Å². The minimum Gasteiger partial charge on any atom is -0.494 e. The van der Waals surface area contributed by atoms with Crippen molar-refractivity contribution in [1.29, 1.82) is 0 Å². The Hall–Kier alpha value is -3.12. The smallest absolute Gasteiger partial charge is 0.261 e. The van der Waals surface area contributed by atoms with Crippen molar-refractivity contribution >= 4 is 38.2 Å². The minimum atomic E-state index is -0.187. The number of hydrogen-bond donors (Lipinski definition) is 2. The first-order valence-corrected chi connectivity index (χ1v) is 9.52. The van der Waals surface area contributed by atoms with E-state index in [1.807, 2.05) is 55.5 Å². The second kappa shape index (κ2) is 7.25. The number of amides is 1. The molecule has 2 aromatic heterocycles. The predicted molar refractivity (Wildman–Crippen MR) is 109 cm³/mol. The highest BCUT2D eigenvalue weighted by Gasteiger charge is 2.14. The molecule has 0 fully saturated rings. The Morgan fingerprint density at radius 2 is 1.89 bits per heavy atom. The van der Waals surface area contributed by atoms with E-state index in [1.54, 1.807) is 6.07 Å². The maximum Gasteiger partial charge on any atom is 0.261 e. The van der Waals surface area contributed by atoms with Crippen molar-refractivity contribution in [2.75, 3.05) is 6.61 Å². The summed E-state index contributed by atoms with van der Waals surface area (Å²) in [4.78, 5) is 28.3. The first-order valence-electron chi connectivity index (χ1n) is 8.70. The van der Waals surface area contributed by atoms with Crippen molar-refractivity contribution in [1.82, 2.24) is 10.3 Å². The Kier molecular flexibility index (Phi) is 4.64. The zero-order valence-electron chi connectivity index (χ0n) is 14.7. The molecule has 2 heterocycles.